The molecule has 2 aromatic rings. The first-order valence-electron chi connectivity index (χ1n) is 6.38. The molecule has 0 aliphatic carbocycles. The van der Waals surface area contributed by atoms with E-state index in [0.717, 1.165) is 0 Å². The summed E-state index contributed by atoms with van der Waals surface area (Å²) < 4.78 is 58.0. The van der Waals surface area contributed by atoms with Crippen LogP contribution in [0.1, 0.15) is 12.5 Å². The van der Waals surface area contributed by atoms with Gasteiger partial charge in [0.25, 0.3) is 0 Å². The number of hydrogen-bond donors (Lipinski definition) is 1. The van der Waals surface area contributed by atoms with Gasteiger partial charge in [-0.05, 0) is 36.8 Å². The second-order valence-electron chi connectivity index (χ2n) is 4.22. The van der Waals surface area contributed by atoms with Crippen LogP contribution in [0.2, 0.25) is 0 Å². The van der Waals surface area contributed by atoms with Crippen LogP contribution in [0.5, 0.6) is 5.75 Å². The van der Waals surface area contributed by atoms with Crippen LogP contribution in [0.15, 0.2) is 35.4 Å². The summed E-state index contributed by atoms with van der Waals surface area (Å²) in [7, 11) is 0. The van der Waals surface area contributed by atoms with Crippen molar-refractivity contribution in [1.29, 1.82) is 0 Å². The molecule has 116 valence electrons. The fourth-order valence-electron chi connectivity index (χ4n) is 1.66. The van der Waals surface area contributed by atoms with Crippen LogP contribution in [-0.4, -0.2) is 12.8 Å². The number of nitrogens with zero attached hydrogens (tertiary/aromatic N) is 1. The summed E-state index contributed by atoms with van der Waals surface area (Å²) in [6.07, 6.45) is 1.25. The van der Waals surface area contributed by atoms with Crippen LogP contribution in [0.3, 0.4) is 0 Å². The molecule has 2 aromatic carbocycles. The first-order chi connectivity index (χ1) is 10.5. The SMILES string of the molecule is CCOc1ccc(C=NNc2c(F)c(F)cc(F)c2F)cc1. The molecule has 0 atom stereocenters. The molecule has 0 fully saturated rings. The molecule has 0 aliphatic rings. The van der Waals surface area contributed by atoms with Gasteiger partial charge in [0.15, 0.2) is 23.3 Å². The number of hydrogen-bond acceptors (Lipinski definition) is 3. The van der Waals surface area contributed by atoms with Crippen molar-refractivity contribution in [1.82, 2.24) is 0 Å². The van der Waals surface area contributed by atoms with Crippen molar-refractivity contribution in [2.45, 2.75) is 6.92 Å². The minimum Gasteiger partial charge on any atom is -0.494 e. The average Bonchev–Trinajstić information content (AvgIpc) is 2.51. The van der Waals surface area contributed by atoms with Crippen molar-refractivity contribution < 1.29 is 22.3 Å². The van der Waals surface area contributed by atoms with Gasteiger partial charge < -0.3 is 4.74 Å². The molecule has 1 N–H and O–H groups in total. The van der Waals surface area contributed by atoms with Gasteiger partial charge in [0, 0.05) is 6.07 Å². The Bertz CT molecular complexity index is 661. The fourth-order valence-corrected chi connectivity index (χ4v) is 1.66. The van der Waals surface area contributed by atoms with Crippen LogP contribution in [0, 0.1) is 23.3 Å². The average molecular weight is 312 g/mol. The molecule has 0 amide bonds. The standard InChI is InChI=1S/C15H12F4N2O/c1-2-22-10-5-3-9(4-6-10)8-20-21-15-13(18)11(16)7-12(17)14(15)19/h3-8,21H,2H2,1H3. The summed E-state index contributed by atoms with van der Waals surface area (Å²) in [5, 5.41) is 3.56. The molecule has 3 nitrogen and oxygen atoms in total. The zero-order chi connectivity index (χ0) is 16.1. The van der Waals surface area contributed by atoms with Crippen molar-refractivity contribution >= 4 is 11.9 Å². The van der Waals surface area contributed by atoms with Gasteiger partial charge in [0.05, 0.1) is 12.8 Å². The predicted octanol–water partition coefficient (Wildman–Crippen LogP) is 4.09. The molecule has 2 rings (SSSR count). The number of halogens is 4. The monoisotopic (exact) mass is 312 g/mol. The second-order valence-corrected chi connectivity index (χ2v) is 4.22. The molecule has 0 aliphatic heterocycles. The normalized spacial score (nSPS) is 11.0. The van der Waals surface area contributed by atoms with Gasteiger partial charge in [-0.25, -0.2) is 17.6 Å². The Morgan fingerprint density at radius 1 is 1.05 bits per heavy atom. The van der Waals surface area contributed by atoms with Crippen LogP contribution in [0.4, 0.5) is 23.2 Å². The lowest BCUT2D eigenvalue weighted by atomic mass is 10.2. The lowest BCUT2D eigenvalue weighted by molar-refractivity contribution is 0.340. The molecule has 0 aromatic heterocycles. The van der Waals surface area contributed by atoms with Gasteiger partial charge in [-0.15, -0.1) is 0 Å². The van der Waals surface area contributed by atoms with E-state index in [4.69, 9.17) is 4.74 Å². The van der Waals surface area contributed by atoms with Crippen molar-refractivity contribution in [3.8, 4) is 5.75 Å². The quantitative estimate of drug-likeness (QED) is 0.390. The Morgan fingerprint density at radius 2 is 1.64 bits per heavy atom. The molecule has 0 saturated heterocycles. The molecule has 0 saturated carbocycles. The maximum atomic E-state index is 13.4. The van der Waals surface area contributed by atoms with E-state index in [1.165, 1.54) is 6.21 Å². The number of anilines is 1. The van der Waals surface area contributed by atoms with Crippen LogP contribution in [0.25, 0.3) is 0 Å². The third kappa shape index (κ3) is 3.55. The molecular formula is C15H12F4N2O. The third-order valence-corrected chi connectivity index (χ3v) is 2.69. The van der Waals surface area contributed by atoms with Gasteiger partial charge in [0.2, 0.25) is 0 Å². The Hall–Kier alpha value is -2.57. The topological polar surface area (TPSA) is 33.6 Å². The van der Waals surface area contributed by atoms with Gasteiger partial charge in [0.1, 0.15) is 11.4 Å². The Balaban J connectivity index is 2.13. The number of hydrazone groups is 1. The molecule has 0 unspecified atom stereocenters. The number of rotatable bonds is 5. The molecular weight excluding hydrogens is 300 g/mol. The van der Waals surface area contributed by atoms with E-state index < -0.39 is 29.0 Å². The number of benzene rings is 2. The second kappa shape index (κ2) is 6.93. The van der Waals surface area contributed by atoms with E-state index in [0.29, 0.717) is 17.9 Å². The molecule has 7 heteroatoms. The Morgan fingerprint density at radius 3 is 2.18 bits per heavy atom. The molecule has 22 heavy (non-hydrogen) atoms. The summed E-state index contributed by atoms with van der Waals surface area (Å²) in [5.74, 6) is -5.42. The summed E-state index contributed by atoms with van der Waals surface area (Å²) in [6, 6.07) is 6.83. The van der Waals surface area contributed by atoms with E-state index in [9.17, 15) is 17.6 Å². The molecule has 0 radical (unpaired) electrons. The lowest BCUT2D eigenvalue weighted by Crippen LogP contribution is -2.02. The third-order valence-electron chi connectivity index (χ3n) is 2.69. The first-order valence-corrected chi connectivity index (χ1v) is 6.38. The van der Waals surface area contributed by atoms with E-state index in [2.05, 4.69) is 5.10 Å². The highest BCUT2D eigenvalue weighted by Crippen LogP contribution is 2.24. The highest BCUT2D eigenvalue weighted by molar-refractivity contribution is 5.80. The van der Waals surface area contributed by atoms with Gasteiger partial charge in [-0.3, -0.25) is 5.43 Å². The smallest absolute Gasteiger partial charge is 0.186 e. The zero-order valence-corrected chi connectivity index (χ0v) is 11.5. The minimum atomic E-state index is -1.54. The first kappa shape index (κ1) is 15.8. The van der Waals surface area contributed by atoms with Gasteiger partial charge in [-0.1, -0.05) is 0 Å². The van der Waals surface area contributed by atoms with Gasteiger partial charge in [-0.2, -0.15) is 5.10 Å². The summed E-state index contributed by atoms with van der Waals surface area (Å²) in [6.45, 7) is 2.37. The van der Waals surface area contributed by atoms with E-state index >= 15 is 0 Å². The minimum absolute atomic E-state index is 0.131. The summed E-state index contributed by atoms with van der Waals surface area (Å²) in [5.41, 5.74) is 1.58. The highest BCUT2D eigenvalue weighted by Gasteiger charge is 2.18. The van der Waals surface area contributed by atoms with Crippen molar-refractivity contribution in [2.24, 2.45) is 5.10 Å². The fraction of sp³-hybridized carbons (Fsp3) is 0.133. The van der Waals surface area contributed by atoms with Crippen LogP contribution in [-0.2, 0) is 0 Å². The van der Waals surface area contributed by atoms with Crippen molar-refractivity contribution in [2.75, 3.05) is 12.0 Å². The maximum Gasteiger partial charge on any atom is 0.186 e. The summed E-state index contributed by atoms with van der Waals surface area (Å²) >= 11 is 0. The van der Waals surface area contributed by atoms with Crippen LogP contribution < -0.4 is 10.2 Å². The predicted molar refractivity (Wildman–Crippen MR) is 75.1 cm³/mol. The molecule has 0 bridgehead atoms. The van der Waals surface area contributed by atoms with E-state index in [1.807, 2.05) is 12.3 Å². The Kier molecular flexibility index (Phi) is 4.98. The number of ether oxygens (including phenoxy) is 1. The Labute approximate surface area is 124 Å². The van der Waals surface area contributed by atoms with Crippen LogP contribution >= 0.6 is 0 Å². The van der Waals surface area contributed by atoms with E-state index in [1.54, 1.807) is 24.3 Å². The van der Waals surface area contributed by atoms with Crippen molar-refractivity contribution in [3.05, 3.63) is 59.2 Å². The highest BCUT2D eigenvalue weighted by atomic mass is 19.2. The maximum absolute atomic E-state index is 13.4. The molecule has 0 heterocycles. The van der Waals surface area contributed by atoms with E-state index in [-0.39, 0.29) is 6.07 Å². The van der Waals surface area contributed by atoms with Gasteiger partial charge >= 0.3 is 0 Å². The largest absolute Gasteiger partial charge is 0.494 e. The molecule has 0 spiro atoms. The summed E-state index contributed by atoms with van der Waals surface area (Å²) in [4.78, 5) is 0. The zero-order valence-electron chi connectivity index (χ0n) is 11.5. The van der Waals surface area contributed by atoms with Crippen molar-refractivity contribution in [3.63, 3.8) is 0 Å². The lowest BCUT2D eigenvalue weighted by Gasteiger charge is -2.05. The number of nitrogens with one attached hydrogen (secondary N) is 1.